The fraction of sp³-hybridized carbons (Fsp3) is 0.571. The molecule has 0 unspecified atom stereocenters. The van der Waals surface area contributed by atoms with Crippen molar-refractivity contribution < 1.29 is 13.2 Å². The van der Waals surface area contributed by atoms with Crippen LogP contribution in [0.3, 0.4) is 0 Å². The van der Waals surface area contributed by atoms with E-state index in [-0.39, 0.29) is 17.6 Å². The Labute approximate surface area is 112 Å². The Morgan fingerprint density at radius 2 is 1.63 bits per heavy atom. The van der Waals surface area contributed by atoms with Crippen molar-refractivity contribution in [1.82, 2.24) is 10.2 Å². The van der Waals surface area contributed by atoms with Crippen LogP contribution in [0.2, 0.25) is 0 Å². The van der Waals surface area contributed by atoms with E-state index in [1.165, 1.54) is 0 Å². The smallest absolute Gasteiger partial charge is 0.133 e. The van der Waals surface area contributed by atoms with Crippen molar-refractivity contribution in [3.05, 3.63) is 35.1 Å². The zero-order chi connectivity index (χ0) is 14.6. The molecule has 19 heavy (non-hydrogen) atoms. The summed E-state index contributed by atoms with van der Waals surface area (Å²) >= 11 is 0. The molecule has 1 N–H and O–H groups in total. The SMILES string of the molecule is CN(CCNC(C)(C)C)Cc1c(F)cc(F)cc1F. The molecular weight excluding hydrogens is 253 g/mol. The maximum Gasteiger partial charge on any atom is 0.133 e. The minimum Gasteiger partial charge on any atom is -0.311 e. The fourth-order valence-corrected chi connectivity index (χ4v) is 1.69. The van der Waals surface area contributed by atoms with Gasteiger partial charge < -0.3 is 10.2 Å². The lowest BCUT2D eigenvalue weighted by molar-refractivity contribution is 0.294. The number of benzene rings is 1. The van der Waals surface area contributed by atoms with E-state index in [0.717, 1.165) is 0 Å². The Morgan fingerprint density at radius 1 is 1.11 bits per heavy atom. The molecule has 0 aromatic heterocycles. The van der Waals surface area contributed by atoms with Gasteiger partial charge in [0.2, 0.25) is 0 Å². The van der Waals surface area contributed by atoms with Crippen LogP contribution in [0.15, 0.2) is 12.1 Å². The molecule has 5 heteroatoms. The molecule has 0 heterocycles. The molecule has 0 atom stereocenters. The minimum absolute atomic E-state index is 0.00716. The highest BCUT2D eigenvalue weighted by Gasteiger charge is 2.14. The average molecular weight is 274 g/mol. The van der Waals surface area contributed by atoms with Gasteiger partial charge in [-0.25, -0.2) is 13.2 Å². The van der Waals surface area contributed by atoms with Crippen molar-refractivity contribution in [2.24, 2.45) is 0 Å². The van der Waals surface area contributed by atoms with E-state index in [4.69, 9.17) is 0 Å². The molecule has 0 radical (unpaired) electrons. The number of hydrogen-bond acceptors (Lipinski definition) is 2. The number of nitrogens with one attached hydrogen (secondary N) is 1. The lowest BCUT2D eigenvalue weighted by Crippen LogP contribution is -2.40. The largest absolute Gasteiger partial charge is 0.311 e. The first-order valence-corrected chi connectivity index (χ1v) is 6.26. The Morgan fingerprint density at radius 3 is 2.11 bits per heavy atom. The van der Waals surface area contributed by atoms with Gasteiger partial charge >= 0.3 is 0 Å². The second kappa shape index (κ2) is 6.39. The zero-order valence-electron chi connectivity index (χ0n) is 11.9. The van der Waals surface area contributed by atoms with E-state index >= 15 is 0 Å². The first-order valence-electron chi connectivity index (χ1n) is 6.26. The number of halogens is 3. The lowest BCUT2D eigenvalue weighted by Gasteiger charge is -2.23. The predicted octanol–water partition coefficient (Wildman–Crippen LogP) is 2.92. The summed E-state index contributed by atoms with van der Waals surface area (Å²) in [7, 11) is 1.77. The van der Waals surface area contributed by atoms with E-state index in [1.54, 1.807) is 11.9 Å². The molecule has 0 aliphatic carbocycles. The number of likely N-dealkylation sites (N-methyl/N-ethyl adjacent to an activating group) is 1. The molecule has 0 aliphatic heterocycles. The topological polar surface area (TPSA) is 15.3 Å². The first kappa shape index (κ1) is 16.0. The predicted molar refractivity (Wildman–Crippen MR) is 70.4 cm³/mol. The van der Waals surface area contributed by atoms with Gasteiger partial charge in [-0.05, 0) is 27.8 Å². The Bertz CT molecular complexity index is 404. The molecule has 0 aliphatic rings. The van der Waals surface area contributed by atoms with Gasteiger partial charge in [0.05, 0.1) is 0 Å². The molecular formula is C14H21F3N2. The summed E-state index contributed by atoms with van der Waals surface area (Å²) in [5.74, 6) is -2.57. The van der Waals surface area contributed by atoms with Crippen molar-refractivity contribution in [1.29, 1.82) is 0 Å². The van der Waals surface area contributed by atoms with Gasteiger partial charge in [0.1, 0.15) is 17.5 Å². The second-order valence-electron chi connectivity index (χ2n) is 5.76. The van der Waals surface area contributed by atoms with Crippen LogP contribution in [0.25, 0.3) is 0 Å². The van der Waals surface area contributed by atoms with Crippen LogP contribution in [0.5, 0.6) is 0 Å². The summed E-state index contributed by atoms with van der Waals surface area (Å²) in [6.45, 7) is 7.62. The first-order chi connectivity index (χ1) is 8.69. The van der Waals surface area contributed by atoms with E-state index in [2.05, 4.69) is 5.32 Å². The van der Waals surface area contributed by atoms with Crippen molar-refractivity contribution in [3.8, 4) is 0 Å². The quantitative estimate of drug-likeness (QED) is 0.888. The maximum atomic E-state index is 13.5. The summed E-state index contributed by atoms with van der Waals surface area (Å²) in [6.07, 6.45) is 0. The lowest BCUT2D eigenvalue weighted by atomic mass is 10.1. The normalized spacial score (nSPS) is 12.2. The third kappa shape index (κ3) is 5.61. The van der Waals surface area contributed by atoms with Crippen LogP contribution in [0, 0.1) is 17.5 Å². The highest BCUT2D eigenvalue weighted by molar-refractivity contribution is 5.20. The Kier molecular flexibility index (Phi) is 5.38. The van der Waals surface area contributed by atoms with Gasteiger partial charge in [0.25, 0.3) is 0 Å². The molecule has 0 fully saturated rings. The van der Waals surface area contributed by atoms with E-state index < -0.39 is 17.5 Å². The van der Waals surface area contributed by atoms with Gasteiger partial charge in [0.15, 0.2) is 0 Å². The van der Waals surface area contributed by atoms with Crippen LogP contribution < -0.4 is 5.32 Å². The fourth-order valence-electron chi connectivity index (χ4n) is 1.69. The summed E-state index contributed by atoms with van der Waals surface area (Å²) in [6, 6.07) is 1.42. The van der Waals surface area contributed by atoms with Crippen LogP contribution in [-0.4, -0.2) is 30.6 Å². The Hall–Kier alpha value is -1.07. The van der Waals surface area contributed by atoms with E-state index in [9.17, 15) is 13.2 Å². The van der Waals surface area contributed by atoms with Gasteiger partial charge in [-0.15, -0.1) is 0 Å². The van der Waals surface area contributed by atoms with E-state index in [1.807, 2.05) is 20.8 Å². The standard InChI is InChI=1S/C14H21F3N2/c1-14(2,3)18-5-6-19(4)9-11-12(16)7-10(15)8-13(11)17/h7-8,18H,5-6,9H2,1-4H3. The van der Waals surface area contributed by atoms with Crippen molar-refractivity contribution >= 4 is 0 Å². The third-order valence-electron chi connectivity index (χ3n) is 2.68. The van der Waals surface area contributed by atoms with Gasteiger partial charge in [0, 0.05) is 42.9 Å². The van der Waals surface area contributed by atoms with Gasteiger partial charge in [-0.1, -0.05) is 0 Å². The van der Waals surface area contributed by atoms with Crippen molar-refractivity contribution in [2.45, 2.75) is 32.9 Å². The molecule has 0 amide bonds. The number of nitrogens with zero attached hydrogens (tertiary/aromatic N) is 1. The maximum absolute atomic E-state index is 13.5. The van der Waals surface area contributed by atoms with Crippen LogP contribution in [0.4, 0.5) is 13.2 Å². The third-order valence-corrected chi connectivity index (χ3v) is 2.68. The summed E-state index contributed by atoms with van der Waals surface area (Å²) in [5.41, 5.74) is -0.0904. The summed E-state index contributed by atoms with van der Waals surface area (Å²) in [5, 5.41) is 3.29. The molecule has 1 aromatic carbocycles. The summed E-state index contributed by atoms with van der Waals surface area (Å²) < 4.78 is 39.7. The average Bonchev–Trinajstić information content (AvgIpc) is 2.21. The van der Waals surface area contributed by atoms with Crippen LogP contribution in [-0.2, 0) is 6.54 Å². The highest BCUT2D eigenvalue weighted by Crippen LogP contribution is 2.16. The molecule has 0 spiro atoms. The summed E-state index contributed by atoms with van der Waals surface area (Å²) in [4.78, 5) is 1.79. The minimum atomic E-state index is -0.893. The van der Waals surface area contributed by atoms with Gasteiger partial charge in [-0.2, -0.15) is 0 Å². The van der Waals surface area contributed by atoms with Crippen molar-refractivity contribution in [3.63, 3.8) is 0 Å². The number of hydrogen-bond donors (Lipinski definition) is 1. The molecule has 0 saturated carbocycles. The molecule has 108 valence electrons. The highest BCUT2D eigenvalue weighted by atomic mass is 19.1. The molecule has 1 rings (SSSR count). The monoisotopic (exact) mass is 274 g/mol. The molecule has 2 nitrogen and oxygen atoms in total. The van der Waals surface area contributed by atoms with Crippen LogP contribution in [0.1, 0.15) is 26.3 Å². The number of rotatable bonds is 5. The molecule has 0 bridgehead atoms. The van der Waals surface area contributed by atoms with Gasteiger partial charge in [-0.3, -0.25) is 0 Å². The second-order valence-corrected chi connectivity index (χ2v) is 5.76. The van der Waals surface area contributed by atoms with Crippen molar-refractivity contribution in [2.75, 3.05) is 20.1 Å². The Balaban J connectivity index is 2.55. The van der Waals surface area contributed by atoms with E-state index in [0.29, 0.717) is 25.2 Å². The van der Waals surface area contributed by atoms with Crippen LogP contribution >= 0.6 is 0 Å². The zero-order valence-corrected chi connectivity index (χ0v) is 11.9. The molecule has 0 saturated heterocycles. The molecule has 1 aromatic rings.